The summed E-state index contributed by atoms with van der Waals surface area (Å²) in [6, 6.07) is 9.49. The lowest BCUT2D eigenvalue weighted by molar-refractivity contribution is 0.187. The Morgan fingerprint density at radius 2 is 2.10 bits per heavy atom. The van der Waals surface area contributed by atoms with Gasteiger partial charge in [-0.1, -0.05) is 11.6 Å². The summed E-state index contributed by atoms with van der Waals surface area (Å²) in [5.74, 6) is 1.03. The average Bonchev–Trinajstić information content (AvgIpc) is 2.89. The van der Waals surface area contributed by atoms with Crippen LogP contribution in [0.1, 0.15) is 23.0 Å². The molecule has 0 amide bonds. The minimum Gasteiger partial charge on any atom is -0.495 e. The molecule has 4 heteroatoms. The topological polar surface area (TPSA) is 55.5 Å². The largest absolute Gasteiger partial charge is 0.495 e. The highest BCUT2D eigenvalue weighted by Gasteiger charge is 2.19. The van der Waals surface area contributed by atoms with Crippen LogP contribution in [0.2, 0.25) is 0 Å². The molecule has 0 aliphatic carbocycles. The highest BCUT2D eigenvalue weighted by molar-refractivity contribution is 5.78. The van der Waals surface area contributed by atoms with E-state index in [1.165, 1.54) is 0 Å². The van der Waals surface area contributed by atoms with Crippen molar-refractivity contribution in [2.24, 2.45) is 0 Å². The van der Waals surface area contributed by atoms with E-state index in [-0.39, 0.29) is 0 Å². The molecule has 0 bridgehead atoms. The molecule has 102 valence electrons. The molecular formula is C16H15NO3. The highest BCUT2D eigenvalue weighted by atomic mass is 16.5. The van der Waals surface area contributed by atoms with Gasteiger partial charge in [0, 0.05) is 17.1 Å². The number of pyridine rings is 1. The van der Waals surface area contributed by atoms with Crippen LogP contribution in [0.25, 0.3) is 11.0 Å². The van der Waals surface area contributed by atoms with Crippen molar-refractivity contribution in [1.29, 1.82) is 0 Å². The Labute approximate surface area is 116 Å². The van der Waals surface area contributed by atoms with Crippen molar-refractivity contribution in [3.63, 3.8) is 0 Å². The lowest BCUT2D eigenvalue weighted by Crippen LogP contribution is -2.01. The fourth-order valence-electron chi connectivity index (χ4n) is 2.26. The van der Waals surface area contributed by atoms with Crippen LogP contribution in [0.15, 0.2) is 47.1 Å². The van der Waals surface area contributed by atoms with E-state index < -0.39 is 6.10 Å². The van der Waals surface area contributed by atoms with Gasteiger partial charge in [0.1, 0.15) is 23.2 Å². The SMILES string of the molecule is COc1cnccc1C(O)c1cc2cc(C)ccc2o1. The number of rotatable bonds is 3. The van der Waals surface area contributed by atoms with Gasteiger partial charge in [0.2, 0.25) is 0 Å². The van der Waals surface area contributed by atoms with Gasteiger partial charge in [0.05, 0.1) is 13.3 Å². The van der Waals surface area contributed by atoms with E-state index in [1.807, 2.05) is 31.2 Å². The number of aliphatic hydroxyl groups is 1. The second-order valence-electron chi connectivity index (χ2n) is 4.71. The van der Waals surface area contributed by atoms with Crippen LogP contribution >= 0.6 is 0 Å². The molecule has 1 atom stereocenters. The Bertz CT molecular complexity index is 748. The number of furan rings is 1. The Balaban J connectivity index is 2.05. The maximum Gasteiger partial charge on any atom is 0.143 e. The van der Waals surface area contributed by atoms with Crippen LogP contribution in [0.5, 0.6) is 5.75 Å². The summed E-state index contributed by atoms with van der Waals surface area (Å²) in [7, 11) is 1.55. The molecule has 0 spiro atoms. The summed E-state index contributed by atoms with van der Waals surface area (Å²) < 4.78 is 10.9. The zero-order valence-corrected chi connectivity index (χ0v) is 11.3. The van der Waals surface area contributed by atoms with Crippen molar-refractivity contribution in [3.8, 4) is 5.75 Å². The number of hydrogen-bond acceptors (Lipinski definition) is 4. The van der Waals surface area contributed by atoms with Crippen LogP contribution in [-0.4, -0.2) is 17.2 Å². The van der Waals surface area contributed by atoms with Gasteiger partial charge in [-0.05, 0) is 31.2 Å². The summed E-state index contributed by atoms with van der Waals surface area (Å²) in [4.78, 5) is 3.98. The van der Waals surface area contributed by atoms with Gasteiger partial charge < -0.3 is 14.3 Å². The molecule has 3 rings (SSSR count). The first-order valence-corrected chi connectivity index (χ1v) is 6.35. The van der Waals surface area contributed by atoms with Crippen LogP contribution in [0.4, 0.5) is 0 Å². The van der Waals surface area contributed by atoms with E-state index in [1.54, 1.807) is 25.6 Å². The van der Waals surface area contributed by atoms with E-state index >= 15 is 0 Å². The second kappa shape index (κ2) is 4.98. The fraction of sp³-hybridized carbons (Fsp3) is 0.188. The number of aryl methyl sites for hydroxylation is 1. The molecule has 2 aromatic heterocycles. The zero-order chi connectivity index (χ0) is 14.1. The number of hydrogen-bond donors (Lipinski definition) is 1. The average molecular weight is 269 g/mol. The fourth-order valence-corrected chi connectivity index (χ4v) is 2.26. The van der Waals surface area contributed by atoms with Crippen molar-refractivity contribution in [2.75, 3.05) is 7.11 Å². The summed E-state index contributed by atoms with van der Waals surface area (Å²) in [5, 5.41) is 11.5. The van der Waals surface area contributed by atoms with Crippen molar-refractivity contribution in [3.05, 3.63) is 59.6 Å². The Morgan fingerprint density at radius 1 is 1.25 bits per heavy atom. The molecule has 2 heterocycles. The van der Waals surface area contributed by atoms with Crippen LogP contribution in [-0.2, 0) is 0 Å². The minimum absolute atomic E-state index is 0.495. The van der Waals surface area contributed by atoms with E-state index in [2.05, 4.69) is 4.98 Å². The maximum absolute atomic E-state index is 10.5. The van der Waals surface area contributed by atoms with Crippen LogP contribution in [0, 0.1) is 6.92 Å². The standard InChI is InChI=1S/C16H15NO3/c1-10-3-4-13-11(7-10)8-14(20-13)16(18)12-5-6-17-9-15(12)19-2/h3-9,16,18H,1-2H3. The summed E-state index contributed by atoms with van der Waals surface area (Å²) in [6.45, 7) is 2.02. The Hall–Kier alpha value is -2.33. The molecule has 4 nitrogen and oxygen atoms in total. The summed E-state index contributed by atoms with van der Waals surface area (Å²) in [5.41, 5.74) is 2.55. The molecule has 0 radical (unpaired) electrons. The smallest absolute Gasteiger partial charge is 0.143 e. The minimum atomic E-state index is -0.874. The normalized spacial score (nSPS) is 12.6. The third-order valence-corrected chi connectivity index (χ3v) is 3.29. The molecule has 20 heavy (non-hydrogen) atoms. The molecule has 0 aliphatic rings. The first-order valence-electron chi connectivity index (χ1n) is 6.35. The van der Waals surface area contributed by atoms with Crippen molar-refractivity contribution >= 4 is 11.0 Å². The highest BCUT2D eigenvalue weighted by Crippen LogP contribution is 2.32. The number of nitrogens with zero attached hydrogens (tertiary/aromatic N) is 1. The number of methoxy groups -OCH3 is 1. The third-order valence-electron chi connectivity index (χ3n) is 3.29. The van der Waals surface area contributed by atoms with Gasteiger partial charge in [0.25, 0.3) is 0 Å². The maximum atomic E-state index is 10.5. The molecule has 1 unspecified atom stereocenters. The molecular weight excluding hydrogens is 254 g/mol. The first kappa shape index (κ1) is 12.7. The predicted octanol–water partition coefficient (Wildman–Crippen LogP) is 3.23. The lowest BCUT2D eigenvalue weighted by Gasteiger charge is -2.11. The van der Waals surface area contributed by atoms with Gasteiger partial charge in [-0.3, -0.25) is 4.98 Å². The summed E-state index contributed by atoms with van der Waals surface area (Å²) in [6.07, 6.45) is 2.32. The molecule has 0 saturated carbocycles. The van der Waals surface area contributed by atoms with E-state index in [0.29, 0.717) is 17.1 Å². The quantitative estimate of drug-likeness (QED) is 0.793. The van der Waals surface area contributed by atoms with E-state index in [0.717, 1.165) is 16.5 Å². The number of ether oxygens (including phenoxy) is 1. The van der Waals surface area contributed by atoms with E-state index in [4.69, 9.17) is 9.15 Å². The first-order chi connectivity index (χ1) is 9.69. The van der Waals surface area contributed by atoms with Gasteiger partial charge in [-0.2, -0.15) is 0 Å². The molecule has 3 aromatic rings. The monoisotopic (exact) mass is 269 g/mol. The van der Waals surface area contributed by atoms with Gasteiger partial charge in [-0.25, -0.2) is 0 Å². The number of benzene rings is 1. The number of fused-ring (bicyclic) bond motifs is 1. The molecule has 1 aromatic carbocycles. The molecule has 1 N–H and O–H groups in total. The van der Waals surface area contributed by atoms with Crippen molar-refractivity contribution < 1.29 is 14.3 Å². The van der Waals surface area contributed by atoms with Gasteiger partial charge >= 0.3 is 0 Å². The lowest BCUT2D eigenvalue weighted by atomic mass is 10.1. The van der Waals surface area contributed by atoms with Crippen molar-refractivity contribution in [1.82, 2.24) is 4.98 Å². The predicted molar refractivity (Wildman–Crippen MR) is 75.8 cm³/mol. The number of aromatic nitrogens is 1. The molecule has 0 fully saturated rings. The van der Waals surface area contributed by atoms with Gasteiger partial charge in [-0.15, -0.1) is 0 Å². The van der Waals surface area contributed by atoms with Crippen LogP contribution in [0.3, 0.4) is 0 Å². The number of aliphatic hydroxyl groups excluding tert-OH is 1. The molecule has 0 saturated heterocycles. The zero-order valence-electron chi connectivity index (χ0n) is 11.3. The van der Waals surface area contributed by atoms with Gasteiger partial charge in [0.15, 0.2) is 0 Å². The van der Waals surface area contributed by atoms with Crippen molar-refractivity contribution in [2.45, 2.75) is 13.0 Å². The third kappa shape index (κ3) is 2.14. The van der Waals surface area contributed by atoms with Crippen LogP contribution < -0.4 is 4.74 Å². The van der Waals surface area contributed by atoms with E-state index in [9.17, 15) is 5.11 Å². The second-order valence-corrected chi connectivity index (χ2v) is 4.71. The Morgan fingerprint density at radius 3 is 2.90 bits per heavy atom. The summed E-state index contributed by atoms with van der Waals surface area (Å²) >= 11 is 0. The molecule has 0 aliphatic heterocycles. The Kier molecular flexibility index (Phi) is 3.16.